The highest BCUT2D eigenvalue weighted by Crippen LogP contribution is 2.29. The van der Waals surface area contributed by atoms with Crippen molar-refractivity contribution in [2.45, 2.75) is 25.3 Å². The number of nitrogens with zero attached hydrogens (tertiary/aromatic N) is 3. The van der Waals surface area contributed by atoms with E-state index < -0.39 is 11.7 Å². The van der Waals surface area contributed by atoms with Gasteiger partial charge in [0.25, 0.3) is 0 Å². The van der Waals surface area contributed by atoms with E-state index in [2.05, 4.69) is 4.90 Å². The molecule has 29 heavy (non-hydrogen) atoms. The van der Waals surface area contributed by atoms with E-state index in [-0.39, 0.29) is 17.9 Å². The molecule has 2 saturated heterocycles. The summed E-state index contributed by atoms with van der Waals surface area (Å²) in [7, 11) is 0. The van der Waals surface area contributed by atoms with Crippen LogP contribution in [0.4, 0.5) is 22.4 Å². The molecule has 4 nitrogen and oxygen atoms in total. The Hall–Kier alpha value is -2.61. The van der Waals surface area contributed by atoms with E-state index >= 15 is 0 Å². The van der Waals surface area contributed by atoms with Gasteiger partial charge in [-0.2, -0.15) is 13.2 Å². The summed E-state index contributed by atoms with van der Waals surface area (Å²) in [5.74, 6) is -0.308. The normalized spacial score (nSPS) is 20.3. The lowest BCUT2D eigenvalue weighted by molar-refractivity contribution is -0.137. The van der Waals surface area contributed by atoms with Crippen LogP contribution in [0.25, 0.3) is 0 Å². The van der Waals surface area contributed by atoms with Crippen LogP contribution in [-0.2, 0) is 19.3 Å². The maximum absolute atomic E-state index is 13.1. The fraction of sp³-hybridized carbons (Fsp3) is 0.381. The second-order valence-electron chi connectivity index (χ2n) is 7.57. The van der Waals surface area contributed by atoms with Crippen LogP contribution in [0.2, 0.25) is 0 Å². The summed E-state index contributed by atoms with van der Waals surface area (Å²) in [5.41, 5.74) is 1.05. The van der Waals surface area contributed by atoms with Gasteiger partial charge >= 0.3 is 12.2 Å². The van der Waals surface area contributed by atoms with Crippen LogP contribution in [0.1, 0.15) is 16.7 Å². The highest BCUT2D eigenvalue weighted by molar-refractivity contribution is 5.77. The molecule has 2 aliphatic rings. The molecule has 0 aliphatic carbocycles. The van der Waals surface area contributed by atoms with Gasteiger partial charge in [-0.25, -0.2) is 9.18 Å². The first-order chi connectivity index (χ1) is 13.8. The monoisotopic (exact) mass is 407 g/mol. The lowest BCUT2D eigenvalue weighted by atomic mass is 10.1. The molecule has 1 atom stereocenters. The van der Waals surface area contributed by atoms with Crippen LogP contribution in [0.3, 0.4) is 0 Å². The number of benzene rings is 2. The van der Waals surface area contributed by atoms with E-state index in [0.717, 1.165) is 23.3 Å². The summed E-state index contributed by atoms with van der Waals surface area (Å²) in [4.78, 5) is 18.4. The second-order valence-corrected chi connectivity index (χ2v) is 7.57. The number of urea groups is 1. The number of hydrogen-bond donors (Lipinski definition) is 0. The average molecular weight is 407 g/mol. The smallest absolute Gasteiger partial charge is 0.318 e. The van der Waals surface area contributed by atoms with Gasteiger partial charge in [0.15, 0.2) is 0 Å². The molecule has 1 unspecified atom stereocenters. The standard InChI is InChI=1S/C21H21F4N3O/c22-18-7-3-16(4-8-18)12-27-14-19-13-26(9-10-28(19)20(27)29)11-15-1-5-17(6-2-15)21(23,24)25/h1-8,19H,9-14H2. The molecule has 2 amide bonds. The van der Waals surface area contributed by atoms with Crippen LogP contribution in [0.15, 0.2) is 48.5 Å². The van der Waals surface area contributed by atoms with Crippen LogP contribution >= 0.6 is 0 Å². The Bertz CT molecular complexity index is 867. The molecule has 2 heterocycles. The van der Waals surface area contributed by atoms with Gasteiger partial charge in [-0.3, -0.25) is 4.90 Å². The predicted octanol–water partition coefficient (Wildman–Crippen LogP) is 3.97. The minimum absolute atomic E-state index is 0.0199. The van der Waals surface area contributed by atoms with Crippen molar-refractivity contribution in [3.05, 3.63) is 71.0 Å². The highest BCUT2D eigenvalue weighted by Gasteiger charge is 2.40. The van der Waals surface area contributed by atoms with E-state index in [1.54, 1.807) is 17.0 Å². The first kappa shape index (κ1) is 19.7. The number of hydrogen-bond acceptors (Lipinski definition) is 2. The maximum Gasteiger partial charge on any atom is 0.416 e. The summed E-state index contributed by atoms with van der Waals surface area (Å²) >= 11 is 0. The lowest BCUT2D eigenvalue weighted by Crippen LogP contribution is -2.51. The molecule has 2 aliphatic heterocycles. The number of piperazine rings is 1. The molecule has 0 radical (unpaired) electrons. The van der Waals surface area contributed by atoms with Crippen molar-refractivity contribution in [2.24, 2.45) is 0 Å². The topological polar surface area (TPSA) is 26.8 Å². The van der Waals surface area contributed by atoms with E-state index in [9.17, 15) is 22.4 Å². The van der Waals surface area contributed by atoms with Gasteiger partial charge in [-0.15, -0.1) is 0 Å². The molecular weight excluding hydrogens is 386 g/mol. The van der Waals surface area contributed by atoms with E-state index in [4.69, 9.17) is 0 Å². The molecule has 0 bridgehead atoms. The van der Waals surface area contributed by atoms with E-state index in [0.29, 0.717) is 39.3 Å². The molecule has 0 aromatic heterocycles. The Morgan fingerprint density at radius 1 is 0.862 bits per heavy atom. The first-order valence-electron chi connectivity index (χ1n) is 9.48. The summed E-state index contributed by atoms with van der Waals surface area (Å²) in [6, 6.07) is 11.4. The molecule has 8 heteroatoms. The fourth-order valence-electron chi connectivity index (χ4n) is 3.99. The molecule has 0 saturated carbocycles. The average Bonchev–Trinajstić information content (AvgIpc) is 2.98. The fourth-order valence-corrected chi connectivity index (χ4v) is 3.99. The van der Waals surface area contributed by atoms with Crippen molar-refractivity contribution in [2.75, 3.05) is 26.2 Å². The van der Waals surface area contributed by atoms with Gasteiger partial charge in [0.05, 0.1) is 11.6 Å². The highest BCUT2D eigenvalue weighted by atomic mass is 19.4. The van der Waals surface area contributed by atoms with E-state index in [1.165, 1.54) is 24.3 Å². The first-order valence-corrected chi connectivity index (χ1v) is 9.48. The summed E-state index contributed by atoms with van der Waals surface area (Å²) in [5, 5.41) is 0. The molecule has 154 valence electrons. The Labute approximate surface area is 166 Å². The lowest BCUT2D eigenvalue weighted by Gasteiger charge is -2.36. The maximum atomic E-state index is 13.1. The minimum Gasteiger partial charge on any atom is -0.318 e. The molecule has 4 rings (SSSR count). The van der Waals surface area contributed by atoms with Crippen LogP contribution < -0.4 is 0 Å². The Morgan fingerprint density at radius 3 is 2.14 bits per heavy atom. The number of fused-ring (bicyclic) bond motifs is 1. The Morgan fingerprint density at radius 2 is 1.48 bits per heavy atom. The third kappa shape index (κ3) is 4.37. The Kier molecular flexibility index (Phi) is 5.21. The SMILES string of the molecule is O=C1N(Cc2ccc(F)cc2)CC2CN(Cc3ccc(C(F)(F)F)cc3)CCN12. The van der Waals surface area contributed by atoms with Gasteiger partial charge in [-0.05, 0) is 35.4 Å². The number of carbonyl (C=O) groups is 1. The molecule has 0 spiro atoms. The number of carbonyl (C=O) groups excluding carboxylic acids is 1. The van der Waals surface area contributed by atoms with Crippen molar-refractivity contribution < 1.29 is 22.4 Å². The molecule has 2 aromatic rings. The van der Waals surface area contributed by atoms with E-state index in [1.807, 2.05) is 4.90 Å². The largest absolute Gasteiger partial charge is 0.416 e. The number of halogens is 4. The zero-order chi connectivity index (χ0) is 20.6. The molecule has 2 fully saturated rings. The summed E-state index contributed by atoms with van der Waals surface area (Å²) in [6.07, 6.45) is -4.33. The van der Waals surface area contributed by atoms with Gasteiger partial charge < -0.3 is 9.80 Å². The summed E-state index contributed by atoms with van der Waals surface area (Å²) in [6.45, 7) is 3.50. The second kappa shape index (κ2) is 7.67. The minimum atomic E-state index is -4.33. The van der Waals surface area contributed by atoms with Gasteiger partial charge in [-0.1, -0.05) is 24.3 Å². The quantitative estimate of drug-likeness (QED) is 0.718. The zero-order valence-electron chi connectivity index (χ0n) is 15.7. The van der Waals surface area contributed by atoms with Crippen molar-refractivity contribution >= 4 is 6.03 Å². The van der Waals surface area contributed by atoms with Gasteiger partial charge in [0, 0.05) is 39.3 Å². The van der Waals surface area contributed by atoms with Crippen LogP contribution in [0.5, 0.6) is 0 Å². The molecule has 0 N–H and O–H groups in total. The number of amides is 2. The van der Waals surface area contributed by atoms with Crippen molar-refractivity contribution in [1.29, 1.82) is 0 Å². The Balaban J connectivity index is 1.36. The number of alkyl halides is 3. The van der Waals surface area contributed by atoms with Gasteiger partial charge in [0.2, 0.25) is 0 Å². The third-order valence-corrected chi connectivity index (χ3v) is 5.49. The predicted molar refractivity (Wildman–Crippen MR) is 99.4 cm³/mol. The van der Waals surface area contributed by atoms with Crippen LogP contribution in [-0.4, -0.2) is 53.0 Å². The van der Waals surface area contributed by atoms with Crippen molar-refractivity contribution in [3.63, 3.8) is 0 Å². The third-order valence-electron chi connectivity index (χ3n) is 5.49. The zero-order valence-corrected chi connectivity index (χ0v) is 15.7. The summed E-state index contributed by atoms with van der Waals surface area (Å²) < 4.78 is 51.2. The van der Waals surface area contributed by atoms with Crippen LogP contribution in [0, 0.1) is 5.82 Å². The molecular formula is C21H21F4N3O. The van der Waals surface area contributed by atoms with Gasteiger partial charge in [0.1, 0.15) is 5.82 Å². The van der Waals surface area contributed by atoms with Crippen molar-refractivity contribution in [3.8, 4) is 0 Å². The molecule has 2 aromatic carbocycles. The van der Waals surface area contributed by atoms with Crippen molar-refractivity contribution in [1.82, 2.24) is 14.7 Å². The number of rotatable bonds is 4.